The van der Waals surface area contributed by atoms with Crippen LogP contribution in [0.15, 0.2) is 24.4 Å². The molecule has 4 N–H and O–H groups in total. The lowest BCUT2D eigenvalue weighted by molar-refractivity contribution is -0.119. The van der Waals surface area contributed by atoms with Gasteiger partial charge in [-0.15, -0.1) is 0 Å². The van der Waals surface area contributed by atoms with Crippen LogP contribution in [0.3, 0.4) is 0 Å². The van der Waals surface area contributed by atoms with Crippen molar-refractivity contribution < 1.29 is 18.7 Å². The molecule has 1 aliphatic carbocycles. The first-order chi connectivity index (χ1) is 13.9. The van der Waals surface area contributed by atoms with E-state index in [1.54, 1.807) is 0 Å². The van der Waals surface area contributed by atoms with Crippen molar-refractivity contribution in [2.45, 2.75) is 44.7 Å². The summed E-state index contributed by atoms with van der Waals surface area (Å²) in [6.07, 6.45) is 4.77. The first-order valence-electron chi connectivity index (χ1n) is 9.41. The van der Waals surface area contributed by atoms with Crippen molar-refractivity contribution in [2.75, 3.05) is 18.2 Å². The smallest absolute Gasteiger partial charge is 0.224 e. The van der Waals surface area contributed by atoms with Crippen LogP contribution in [-0.2, 0) is 4.79 Å². The molecule has 0 radical (unpaired) electrons. The number of halogens is 1. The number of nitrogen functional groups attached to an aromatic ring is 1. The van der Waals surface area contributed by atoms with Gasteiger partial charge in [-0.25, -0.2) is 9.37 Å². The van der Waals surface area contributed by atoms with Crippen LogP contribution < -0.4 is 21.1 Å². The van der Waals surface area contributed by atoms with E-state index in [1.807, 2.05) is 0 Å². The predicted molar refractivity (Wildman–Crippen MR) is 106 cm³/mol. The number of amides is 1. The highest BCUT2D eigenvalue weighted by Crippen LogP contribution is 2.25. The number of nitrogens with two attached hydrogens (primary N) is 1. The molecule has 0 atom stereocenters. The average Bonchev–Trinajstić information content (AvgIpc) is 2.69. The summed E-state index contributed by atoms with van der Waals surface area (Å²) in [5.74, 6) is -0.511. The Bertz CT molecular complexity index is 913. The molecule has 1 fully saturated rings. The predicted octanol–water partition coefficient (Wildman–Crippen LogP) is 2.30. The zero-order chi connectivity index (χ0) is 21.0. The van der Waals surface area contributed by atoms with Crippen molar-refractivity contribution in [3.8, 4) is 5.75 Å². The number of carbonyl (C=O) groups excluding carboxylic acids is 2. The SMILES string of the molecule is COc1ccc(F)cc1C(=O)c1cnc(N[C@H]2CC[C@H](NC(C)=O)CC2)nc1N. The normalized spacial score (nSPS) is 18.7. The molecule has 0 spiro atoms. The highest BCUT2D eigenvalue weighted by molar-refractivity contribution is 6.13. The first kappa shape index (κ1) is 20.5. The van der Waals surface area contributed by atoms with Crippen molar-refractivity contribution >= 4 is 23.5 Å². The van der Waals surface area contributed by atoms with E-state index >= 15 is 0 Å². The highest BCUT2D eigenvalue weighted by atomic mass is 19.1. The van der Waals surface area contributed by atoms with E-state index in [4.69, 9.17) is 10.5 Å². The number of benzene rings is 1. The second-order valence-corrected chi connectivity index (χ2v) is 7.06. The topological polar surface area (TPSA) is 119 Å². The number of nitrogens with one attached hydrogen (secondary N) is 2. The molecule has 154 valence electrons. The minimum atomic E-state index is -0.554. The quantitative estimate of drug-likeness (QED) is 0.635. The molecule has 9 heteroatoms. The van der Waals surface area contributed by atoms with Crippen molar-refractivity contribution in [3.05, 3.63) is 41.3 Å². The van der Waals surface area contributed by atoms with Crippen LogP contribution in [0.5, 0.6) is 5.75 Å². The maximum absolute atomic E-state index is 13.6. The highest BCUT2D eigenvalue weighted by Gasteiger charge is 2.23. The Labute approximate surface area is 168 Å². The number of hydrogen-bond acceptors (Lipinski definition) is 7. The van der Waals surface area contributed by atoms with Gasteiger partial charge in [0.15, 0.2) is 0 Å². The lowest BCUT2D eigenvalue weighted by atomic mass is 9.91. The van der Waals surface area contributed by atoms with Gasteiger partial charge >= 0.3 is 0 Å². The minimum Gasteiger partial charge on any atom is -0.496 e. The Morgan fingerprint density at radius 3 is 2.48 bits per heavy atom. The van der Waals surface area contributed by atoms with Gasteiger partial charge in [0, 0.05) is 25.2 Å². The lowest BCUT2D eigenvalue weighted by Gasteiger charge is -2.29. The molecule has 0 aliphatic heterocycles. The summed E-state index contributed by atoms with van der Waals surface area (Å²) in [5.41, 5.74) is 6.11. The summed E-state index contributed by atoms with van der Waals surface area (Å²) < 4.78 is 18.7. The van der Waals surface area contributed by atoms with Gasteiger partial charge in [-0.05, 0) is 43.9 Å². The van der Waals surface area contributed by atoms with E-state index in [-0.39, 0.29) is 40.7 Å². The molecular formula is C20H24FN5O3. The molecule has 1 saturated carbocycles. The first-order valence-corrected chi connectivity index (χ1v) is 9.41. The van der Waals surface area contributed by atoms with Gasteiger partial charge in [0.05, 0.1) is 18.2 Å². The maximum atomic E-state index is 13.6. The van der Waals surface area contributed by atoms with E-state index in [2.05, 4.69) is 20.6 Å². The molecule has 3 rings (SSSR count). The van der Waals surface area contributed by atoms with Crippen LogP contribution in [-0.4, -0.2) is 40.9 Å². The van der Waals surface area contributed by atoms with E-state index < -0.39 is 11.6 Å². The molecule has 1 aromatic carbocycles. The van der Waals surface area contributed by atoms with Gasteiger partial charge in [-0.1, -0.05) is 0 Å². The molecule has 2 aromatic rings. The van der Waals surface area contributed by atoms with Crippen LogP contribution in [0, 0.1) is 5.82 Å². The standard InChI is InChI=1S/C20H24FN5O3/c1-11(27)24-13-4-6-14(7-5-13)25-20-23-10-16(19(22)26-20)18(28)15-9-12(21)3-8-17(15)29-2/h3,8-10,13-14H,4-7H2,1-2H3,(H,24,27)(H3,22,23,25,26)/t13-,14-. The minimum absolute atomic E-state index is 0.00532. The molecule has 1 aliphatic rings. The fourth-order valence-corrected chi connectivity index (χ4v) is 3.49. The number of anilines is 2. The van der Waals surface area contributed by atoms with Crippen molar-refractivity contribution in [1.82, 2.24) is 15.3 Å². The van der Waals surface area contributed by atoms with Gasteiger partial charge in [0.2, 0.25) is 17.6 Å². The molecule has 29 heavy (non-hydrogen) atoms. The fourth-order valence-electron chi connectivity index (χ4n) is 3.49. The molecule has 1 aromatic heterocycles. The Balaban J connectivity index is 1.69. The average molecular weight is 401 g/mol. The third-order valence-corrected chi connectivity index (χ3v) is 4.94. The summed E-state index contributed by atoms with van der Waals surface area (Å²) >= 11 is 0. The number of hydrogen-bond donors (Lipinski definition) is 3. The zero-order valence-electron chi connectivity index (χ0n) is 16.4. The Hall–Kier alpha value is -3.23. The van der Waals surface area contributed by atoms with E-state index in [9.17, 15) is 14.0 Å². The van der Waals surface area contributed by atoms with Crippen molar-refractivity contribution in [3.63, 3.8) is 0 Å². The van der Waals surface area contributed by atoms with Crippen molar-refractivity contribution in [2.24, 2.45) is 0 Å². The molecule has 1 amide bonds. The third-order valence-electron chi connectivity index (χ3n) is 4.94. The second kappa shape index (κ2) is 8.85. The van der Waals surface area contributed by atoms with Gasteiger partial charge in [-0.2, -0.15) is 4.98 Å². The van der Waals surface area contributed by atoms with Gasteiger partial charge < -0.3 is 21.1 Å². The summed E-state index contributed by atoms with van der Waals surface area (Å²) in [5, 5.41) is 6.15. The zero-order valence-corrected chi connectivity index (χ0v) is 16.4. The van der Waals surface area contributed by atoms with E-state index in [1.165, 1.54) is 32.4 Å². The van der Waals surface area contributed by atoms with Gasteiger partial charge in [-0.3, -0.25) is 9.59 Å². The number of carbonyl (C=O) groups is 2. The molecular weight excluding hydrogens is 377 g/mol. The van der Waals surface area contributed by atoms with Crippen LogP contribution in [0.1, 0.15) is 48.5 Å². The van der Waals surface area contributed by atoms with Crippen LogP contribution in [0.4, 0.5) is 16.2 Å². The fraction of sp³-hybridized carbons (Fsp3) is 0.400. The molecule has 0 bridgehead atoms. The second-order valence-electron chi connectivity index (χ2n) is 7.06. The summed E-state index contributed by atoms with van der Waals surface area (Å²) in [6.45, 7) is 1.52. The largest absolute Gasteiger partial charge is 0.496 e. The summed E-state index contributed by atoms with van der Waals surface area (Å²) in [4.78, 5) is 32.3. The van der Waals surface area contributed by atoms with Crippen molar-refractivity contribution in [1.29, 1.82) is 0 Å². The van der Waals surface area contributed by atoms with Crippen LogP contribution >= 0.6 is 0 Å². The van der Waals surface area contributed by atoms with E-state index in [0.29, 0.717) is 5.95 Å². The number of nitrogens with zero attached hydrogens (tertiary/aromatic N) is 2. The van der Waals surface area contributed by atoms with Crippen LogP contribution in [0.2, 0.25) is 0 Å². The number of ketones is 1. The van der Waals surface area contributed by atoms with Gasteiger partial charge in [0.25, 0.3) is 0 Å². The van der Waals surface area contributed by atoms with E-state index in [0.717, 1.165) is 31.7 Å². The molecule has 1 heterocycles. The number of methoxy groups -OCH3 is 1. The molecule has 8 nitrogen and oxygen atoms in total. The van der Waals surface area contributed by atoms with Crippen LogP contribution in [0.25, 0.3) is 0 Å². The monoisotopic (exact) mass is 401 g/mol. The Kier molecular flexibility index (Phi) is 6.26. The Morgan fingerprint density at radius 2 is 1.86 bits per heavy atom. The number of aromatic nitrogens is 2. The summed E-state index contributed by atoms with van der Waals surface area (Å²) in [7, 11) is 1.40. The molecule has 0 unspecified atom stereocenters. The molecule has 0 saturated heterocycles. The third kappa shape index (κ3) is 4.98. The lowest BCUT2D eigenvalue weighted by Crippen LogP contribution is -2.39. The Morgan fingerprint density at radius 1 is 1.17 bits per heavy atom. The number of rotatable bonds is 6. The number of ether oxygens (including phenoxy) is 1. The van der Waals surface area contributed by atoms with Gasteiger partial charge in [0.1, 0.15) is 17.4 Å². The maximum Gasteiger partial charge on any atom is 0.224 e. The summed E-state index contributed by atoms with van der Waals surface area (Å²) in [6, 6.07) is 4.04.